The minimum absolute atomic E-state index is 0.0861. The number of ether oxygens (including phenoxy) is 3. The molecule has 0 saturated carbocycles. The van der Waals surface area contributed by atoms with Crippen LogP contribution in [0.1, 0.15) is 36.9 Å². The minimum Gasteiger partial charge on any atom is -0.459 e. The first-order chi connectivity index (χ1) is 14.3. The Morgan fingerprint density at radius 2 is 1.87 bits per heavy atom. The number of carbonyl (C=O) groups is 3. The fourth-order valence-electron chi connectivity index (χ4n) is 2.80. The molecule has 3 rings (SSSR count). The summed E-state index contributed by atoms with van der Waals surface area (Å²) in [6.45, 7) is 5.40. The van der Waals surface area contributed by atoms with Crippen LogP contribution in [-0.2, 0) is 20.9 Å². The van der Waals surface area contributed by atoms with Gasteiger partial charge in [0.25, 0.3) is 11.8 Å². The summed E-state index contributed by atoms with van der Waals surface area (Å²) in [5.74, 6) is -0.577. The third kappa shape index (κ3) is 5.11. The fraction of sp³-hybridized carbons (Fsp3) is 0.381. The van der Waals surface area contributed by atoms with Crippen molar-refractivity contribution in [2.24, 2.45) is 5.92 Å². The van der Waals surface area contributed by atoms with Crippen molar-refractivity contribution in [1.29, 1.82) is 0 Å². The van der Waals surface area contributed by atoms with Gasteiger partial charge in [-0.3, -0.25) is 9.59 Å². The molecular weight excluding hydrogens is 392 g/mol. The van der Waals surface area contributed by atoms with E-state index in [1.165, 1.54) is 19.3 Å². The highest BCUT2D eigenvalue weighted by atomic mass is 16.7. The summed E-state index contributed by atoms with van der Waals surface area (Å²) < 4.78 is 20.9. The summed E-state index contributed by atoms with van der Waals surface area (Å²) in [5.41, 5.74) is 0.817. The number of carbonyl (C=O) groups excluding carboxylic acids is 3. The van der Waals surface area contributed by atoms with Gasteiger partial charge in [0, 0.05) is 6.54 Å². The van der Waals surface area contributed by atoms with Crippen LogP contribution in [-0.4, -0.2) is 36.7 Å². The first-order valence-electron chi connectivity index (χ1n) is 9.56. The van der Waals surface area contributed by atoms with E-state index in [-0.39, 0.29) is 25.0 Å². The standard InChI is InChI=1S/C21H24N2O7/c1-12(2)18(23-20(25)16-5-4-8-27-16)21(26)30-13(3)19(24)22-10-14-6-7-15-17(9-14)29-11-28-15/h4-9,12-13,18H,10-11H2,1-3H3,(H,22,24)(H,23,25)/t13-,18-/m0/s1. The van der Waals surface area contributed by atoms with E-state index in [1.54, 1.807) is 32.0 Å². The third-order valence-corrected chi connectivity index (χ3v) is 4.52. The average Bonchev–Trinajstić information content (AvgIpc) is 3.40. The molecule has 2 atom stereocenters. The van der Waals surface area contributed by atoms with Gasteiger partial charge in [-0.25, -0.2) is 4.79 Å². The smallest absolute Gasteiger partial charge is 0.329 e. The van der Waals surface area contributed by atoms with Crippen LogP contribution >= 0.6 is 0 Å². The molecule has 2 aromatic rings. The highest BCUT2D eigenvalue weighted by molar-refractivity contribution is 5.95. The molecule has 160 valence electrons. The maximum atomic E-state index is 12.5. The first-order valence-corrected chi connectivity index (χ1v) is 9.56. The van der Waals surface area contributed by atoms with Crippen molar-refractivity contribution in [1.82, 2.24) is 10.6 Å². The van der Waals surface area contributed by atoms with E-state index in [0.29, 0.717) is 11.5 Å². The Kier molecular flexibility index (Phi) is 6.61. The molecule has 2 N–H and O–H groups in total. The molecule has 2 amide bonds. The number of esters is 1. The summed E-state index contributed by atoms with van der Waals surface area (Å²) in [5, 5.41) is 5.29. The van der Waals surface area contributed by atoms with E-state index >= 15 is 0 Å². The Bertz CT molecular complexity index is 908. The van der Waals surface area contributed by atoms with Gasteiger partial charge in [-0.05, 0) is 42.7 Å². The van der Waals surface area contributed by atoms with Crippen LogP contribution in [0.25, 0.3) is 0 Å². The van der Waals surface area contributed by atoms with Gasteiger partial charge in [-0.15, -0.1) is 0 Å². The predicted octanol–water partition coefficient (Wildman–Crippen LogP) is 2.01. The van der Waals surface area contributed by atoms with Gasteiger partial charge in [0.15, 0.2) is 23.4 Å². The Morgan fingerprint density at radius 1 is 1.10 bits per heavy atom. The molecule has 1 aliphatic heterocycles. The molecule has 1 aromatic carbocycles. The van der Waals surface area contributed by atoms with E-state index in [0.717, 1.165) is 5.56 Å². The molecule has 1 aromatic heterocycles. The van der Waals surface area contributed by atoms with Crippen molar-refractivity contribution in [3.63, 3.8) is 0 Å². The van der Waals surface area contributed by atoms with Crippen LogP contribution < -0.4 is 20.1 Å². The molecular formula is C21H24N2O7. The summed E-state index contributed by atoms with van der Waals surface area (Å²) in [4.78, 5) is 37.0. The molecule has 2 heterocycles. The van der Waals surface area contributed by atoms with Gasteiger partial charge in [0.05, 0.1) is 6.26 Å². The van der Waals surface area contributed by atoms with Crippen molar-refractivity contribution in [2.45, 2.75) is 39.5 Å². The minimum atomic E-state index is -1.03. The van der Waals surface area contributed by atoms with Crippen molar-refractivity contribution >= 4 is 17.8 Å². The fourth-order valence-corrected chi connectivity index (χ4v) is 2.80. The summed E-state index contributed by atoms with van der Waals surface area (Å²) in [6.07, 6.45) is 0.331. The van der Waals surface area contributed by atoms with Gasteiger partial charge in [-0.1, -0.05) is 19.9 Å². The normalized spacial score (nSPS) is 14.1. The summed E-state index contributed by atoms with van der Waals surface area (Å²) in [7, 11) is 0. The van der Waals surface area contributed by atoms with Gasteiger partial charge < -0.3 is 29.3 Å². The highest BCUT2D eigenvalue weighted by Crippen LogP contribution is 2.32. The predicted molar refractivity (Wildman–Crippen MR) is 105 cm³/mol. The van der Waals surface area contributed by atoms with E-state index < -0.39 is 29.9 Å². The highest BCUT2D eigenvalue weighted by Gasteiger charge is 2.29. The number of furan rings is 1. The lowest BCUT2D eigenvalue weighted by Crippen LogP contribution is -2.47. The molecule has 0 bridgehead atoms. The maximum absolute atomic E-state index is 12.5. The lowest BCUT2D eigenvalue weighted by atomic mass is 10.0. The number of nitrogens with one attached hydrogen (secondary N) is 2. The van der Waals surface area contributed by atoms with Crippen LogP contribution in [0.3, 0.4) is 0 Å². The molecule has 1 aliphatic rings. The molecule has 9 nitrogen and oxygen atoms in total. The SMILES string of the molecule is CC(C)[C@H](NC(=O)c1ccco1)C(=O)O[C@@H](C)C(=O)NCc1ccc2c(c1)OCO2. The molecule has 0 radical (unpaired) electrons. The lowest BCUT2D eigenvalue weighted by Gasteiger charge is -2.22. The van der Waals surface area contributed by atoms with Gasteiger partial charge >= 0.3 is 5.97 Å². The second-order valence-electron chi connectivity index (χ2n) is 7.16. The Labute approximate surface area is 173 Å². The van der Waals surface area contributed by atoms with Crippen LogP contribution in [0.2, 0.25) is 0 Å². The zero-order valence-corrected chi connectivity index (χ0v) is 17.0. The van der Waals surface area contributed by atoms with Crippen molar-refractivity contribution < 1.29 is 33.0 Å². The number of rotatable bonds is 8. The maximum Gasteiger partial charge on any atom is 0.329 e. The molecule has 0 spiro atoms. The summed E-state index contributed by atoms with van der Waals surface area (Å²) >= 11 is 0. The molecule has 0 fully saturated rings. The number of fused-ring (bicyclic) bond motifs is 1. The Hall–Kier alpha value is -3.49. The van der Waals surface area contributed by atoms with Crippen LogP contribution in [0.4, 0.5) is 0 Å². The molecule has 30 heavy (non-hydrogen) atoms. The second kappa shape index (κ2) is 9.34. The van der Waals surface area contributed by atoms with Crippen LogP contribution in [0.15, 0.2) is 41.0 Å². The molecule has 0 aliphatic carbocycles. The van der Waals surface area contributed by atoms with Crippen LogP contribution in [0, 0.1) is 5.92 Å². The zero-order valence-electron chi connectivity index (χ0n) is 17.0. The van der Waals surface area contributed by atoms with Crippen molar-refractivity contribution in [2.75, 3.05) is 6.79 Å². The average molecular weight is 416 g/mol. The topological polar surface area (TPSA) is 116 Å². The number of amides is 2. The largest absolute Gasteiger partial charge is 0.459 e. The van der Waals surface area contributed by atoms with Crippen molar-refractivity contribution in [3.8, 4) is 11.5 Å². The molecule has 9 heteroatoms. The third-order valence-electron chi connectivity index (χ3n) is 4.52. The lowest BCUT2D eigenvalue weighted by molar-refractivity contribution is -0.157. The van der Waals surface area contributed by atoms with E-state index in [2.05, 4.69) is 10.6 Å². The van der Waals surface area contributed by atoms with E-state index in [9.17, 15) is 14.4 Å². The second-order valence-corrected chi connectivity index (χ2v) is 7.16. The van der Waals surface area contributed by atoms with Gasteiger partial charge in [0.2, 0.25) is 6.79 Å². The van der Waals surface area contributed by atoms with Crippen molar-refractivity contribution in [3.05, 3.63) is 47.9 Å². The number of hydrogen-bond donors (Lipinski definition) is 2. The monoisotopic (exact) mass is 416 g/mol. The quantitative estimate of drug-likeness (QED) is 0.633. The summed E-state index contributed by atoms with van der Waals surface area (Å²) in [6, 6.07) is 7.49. The zero-order chi connectivity index (χ0) is 21.7. The molecule has 0 saturated heterocycles. The van der Waals surface area contributed by atoms with E-state index in [1.807, 2.05) is 6.07 Å². The number of hydrogen-bond acceptors (Lipinski definition) is 7. The van der Waals surface area contributed by atoms with Crippen LogP contribution in [0.5, 0.6) is 11.5 Å². The van der Waals surface area contributed by atoms with Gasteiger partial charge in [-0.2, -0.15) is 0 Å². The Balaban J connectivity index is 1.52. The van der Waals surface area contributed by atoms with Gasteiger partial charge in [0.1, 0.15) is 6.04 Å². The number of benzene rings is 1. The first kappa shape index (κ1) is 21.2. The Morgan fingerprint density at radius 3 is 2.57 bits per heavy atom. The molecule has 0 unspecified atom stereocenters. The van der Waals surface area contributed by atoms with E-state index in [4.69, 9.17) is 18.6 Å².